The Balaban J connectivity index is 1.52. The lowest BCUT2D eigenvalue weighted by Gasteiger charge is -2.17. The van der Waals surface area contributed by atoms with Crippen molar-refractivity contribution in [3.05, 3.63) is 70.8 Å². The van der Waals surface area contributed by atoms with Crippen LogP contribution in [0, 0.1) is 19.8 Å². The molecule has 1 aliphatic heterocycles. The molecule has 0 unspecified atom stereocenters. The number of rotatable bonds is 6. The third-order valence-corrected chi connectivity index (χ3v) is 4.91. The summed E-state index contributed by atoms with van der Waals surface area (Å²) in [6.07, 6.45) is -0.0776. The summed E-state index contributed by atoms with van der Waals surface area (Å²) < 4.78 is 5.12. The van der Waals surface area contributed by atoms with Crippen LogP contribution in [0.25, 0.3) is 0 Å². The topological polar surface area (TPSA) is 92.8 Å². The highest BCUT2D eigenvalue weighted by molar-refractivity contribution is 5.99. The Morgan fingerprint density at radius 2 is 1.76 bits per heavy atom. The SMILES string of the molecule is Cc1ccc(C(=O)COC(=O)[C@@H]2CC(=O)N(NC(=O)c3ccccc3)C2)cc1C. The predicted octanol–water partition coefficient (Wildman–Crippen LogP) is 2.22. The van der Waals surface area contributed by atoms with Gasteiger partial charge in [0, 0.05) is 17.5 Å². The highest BCUT2D eigenvalue weighted by Gasteiger charge is 2.36. The van der Waals surface area contributed by atoms with Crippen molar-refractivity contribution in [3.63, 3.8) is 0 Å². The van der Waals surface area contributed by atoms with Crippen LogP contribution in [0.4, 0.5) is 0 Å². The van der Waals surface area contributed by atoms with Crippen LogP contribution < -0.4 is 5.43 Å². The van der Waals surface area contributed by atoms with Gasteiger partial charge in [-0.3, -0.25) is 29.6 Å². The van der Waals surface area contributed by atoms with Gasteiger partial charge in [0.05, 0.1) is 12.5 Å². The van der Waals surface area contributed by atoms with E-state index < -0.39 is 17.8 Å². The first-order chi connectivity index (χ1) is 13.8. The maximum atomic E-state index is 12.3. The zero-order valence-electron chi connectivity index (χ0n) is 16.3. The number of hydrazine groups is 1. The summed E-state index contributed by atoms with van der Waals surface area (Å²) in [6.45, 7) is 3.47. The number of Topliss-reactive ketones (excluding diaryl/α,β-unsaturated/α-hetero) is 1. The van der Waals surface area contributed by atoms with Crippen LogP contribution in [-0.2, 0) is 14.3 Å². The first kappa shape index (κ1) is 20.3. The molecule has 1 aliphatic rings. The molecule has 0 aliphatic carbocycles. The molecule has 1 N–H and O–H groups in total. The van der Waals surface area contributed by atoms with E-state index >= 15 is 0 Å². The molecule has 1 atom stereocenters. The van der Waals surface area contributed by atoms with Crippen molar-refractivity contribution in [2.75, 3.05) is 13.2 Å². The molecule has 2 aromatic carbocycles. The molecule has 7 heteroatoms. The molecule has 2 amide bonds. The number of ketones is 1. The van der Waals surface area contributed by atoms with Crippen molar-refractivity contribution in [3.8, 4) is 0 Å². The second kappa shape index (κ2) is 8.68. The van der Waals surface area contributed by atoms with Crippen LogP contribution in [0.15, 0.2) is 48.5 Å². The number of amides is 2. The number of nitrogens with one attached hydrogen (secondary N) is 1. The van der Waals surface area contributed by atoms with Gasteiger partial charge in [0.1, 0.15) is 0 Å². The summed E-state index contributed by atoms with van der Waals surface area (Å²) in [5.74, 6) is -2.48. The Kier molecular flexibility index (Phi) is 6.07. The first-order valence-electron chi connectivity index (χ1n) is 9.28. The monoisotopic (exact) mass is 394 g/mol. The van der Waals surface area contributed by atoms with E-state index in [4.69, 9.17) is 4.74 Å². The summed E-state index contributed by atoms with van der Waals surface area (Å²) in [5, 5.41) is 1.12. The van der Waals surface area contributed by atoms with Gasteiger partial charge in [-0.25, -0.2) is 0 Å². The number of nitrogens with zero attached hydrogens (tertiary/aromatic N) is 1. The van der Waals surface area contributed by atoms with E-state index in [9.17, 15) is 19.2 Å². The first-order valence-corrected chi connectivity index (χ1v) is 9.28. The lowest BCUT2D eigenvalue weighted by Crippen LogP contribution is -2.43. The van der Waals surface area contributed by atoms with E-state index in [0.29, 0.717) is 11.1 Å². The lowest BCUT2D eigenvalue weighted by molar-refractivity contribution is -0.147. The fourth-order valence-electron chi connectivity index (χ4n) is 3.00. The van der Waals surface area contributed by atoms with Gasteiger partial charge in [-0.1, -0.05) is 30.3 Å². The Morgan fingerprint density at radius 3 is 2.45 bits per heavy atom. The number of carbonyl (C=O) groups excluding carboxylic acids is 4. The summed E-state index contributed by atoms with van der Waals surface area (Å²) in [6, 6.07) is 13.8. The molecule has 0 radical (unpaired) electrons. The van der Waals surface area contributed by atoms with Crippen LogP contribution in [-0.4, -0.2) is 41.7 Å². The average Bonchev–Trinajstić information content (AvgIpc) is 3.09. The maximum absolute atomic E-state index is 12.3. The molecule has 0 aromatic heterocycles. The zero-order valence-corrected chi connectivity index (χ0v) is 16.3. The molecular formula is C22H22N2O5. The Morgan fingerprint density at radius 1 is 1.03 bits per heavy atom. The molecule has 150 valence electrons. The number of esters is 1. The standard InChI is InChI=1S/C22H22N2O5/c1-14-8-9-17(10-15(14)2)19(25)13-29-22(28)18-11-20(26)24(12-18)23-21(27)16-6-4-3-5-7-16/h3-10,18H,11-13H2,1-2H3,(H,23,27)/t18-/m1/s1. The Hall–Kier alpha value is -3.48. The maximum Gasteiger partial charge on any atom is 0.311 e. The van der Waals surface area contributed by atoms with Crippen LogP contribution in [0.5, 0.6) is 0 Å². The van der Waals surface area contributed by atoms with Crippen molar-refractivity contribution in [1.29, 1.82) is 0 Å². The van der Waals surface area contributed by atoms with Crippen LogP contribution in [0.1, 0.15) is 38.3 Å². The summed E-state index contributed by atoms with van der Waals surface area (Å²) >= 11 is 0. The van der Waals surface area contributed by atoms with Gasteiger partial charge >= 0.3 is 5.97 Å². The van der Waals surface area contributed by atoms with Crippen molar-refractivity contribution in [1.82, 2.24) is 10.4 Å². The van der Waals surface area contributed by atoms with Gasteiger partial charge in [0.2, 0.25) is 5.91 Å². The Labute approximate surface area is 168 Å². The van der Waals surface area contributed by atoms with E-state index in [0.717, 1.165) is 16.1 Å². The number of hydrogen-bond donors (Lipinski definition) is 1. The lowest BCUT2D eigenvalue weighted by atomic mass is 10.0. The third-order valence-electron chi connectivity index (χ3n) is 4.91. The normalized spacial score (nSPS) is 15.9. The van der Waals surface area contributed by atoms with E-state index in [2.05, 4.69) is 5.43 Å². The number of ether oxygens (including phenoxy) is 1. The van der Waals surface area contributed by atoms with Crippen molar-refractivity contribution < 1.29 is 23.9 Å². The fraction of sp³-hybridized carbons (Fsp3) is 0.273. The van der Waals surface area contributed by atoms with Gasteiger partial charge < -0.3 is 4.74 Å². The molecule has 1 fully saturated rings. The van der Waals surface area contributed by atoms with Crippen molar-refractivity contribution in [2.45, 2.75) is 20.3 Å². The second-order valence-electron chi connectivity index (χ2n) is 7.04. The van der Waals surface area contributed by atoms with E-state index in [1.165, 1.54) is 0 Å². The third kappa shape index (κ3) is 4.87. The van der Waals surface area contributed by atoms with Crippen LogP contribution >= 0.6 is 0 Å². The quantitative estimate of drug-likeness (QED) is 0.599. The number of hydrogen-bond acceptors (Lipinski definition) is 5. The number of aryl methyl sites for hydroxylation is 2. The Bertz CT molecular complexity index is 955. The molecule has 29 heavy (non-hydrogen) atoms. The average molecular weight is 394 g/mol. The molecule has 1 heterocycles. The fourth-order valence-corrected chi connectivity index (χ4v) is 3.00. The minimum absolute atomic E-state index is 0.00801. The summed E-state index contributed by atoms with van der Waals surface area (Å²) in [4.78, 5) is 48.8. The van der Waals surface area contributed by atoms with Gasteiger partial charge in [-0.05, 0) is 43.2 Å². The smallest absolute Gasteiger partial charge is 0.311 e. The molecule has 0 saturated carbocycles. The number of carbonyl (C=O) groups is 4. The van der Waals surface area contributed by atoms with Gasteiger partial charge in [-0.2, -0.15) is 0 Å². The van der Waals surface area contributed by atoms with Crippen LogP contribution in [0.2, 0.25) is 0 Å². The molecule has 2 aromatic rings. The van der Waals surface area contributed by atoms with E-state index in [-0.39, 0.29) is 31.3 Å². The molecule has 3 rings (SSSR count). The number of benzene rings is 2. The summed E-state index contributed by atoms with van der Waals surface area (Å²) in [7, 11) is 0. The molecule has 7 nitrogen and oxygen atoms in total. The molecule has 0 spiro atoms. The minimum Gasteiger partial charge on any atom is -0.457 e. The van der Waals surface area contributed by atoms with Crippen LogP contribution in [0.3, 0.4) is 0 Å². The van der Waals surface area contributed by atoms with Crippen molar-refractivity contribution >= 4 is 23.6 Å². The molecule has 1 saturated heterocycles. The summed E-state index contributed by atoms with van der Waals surface area (Å²) in [5.41, 5.74) is 5.43. The largest absolute Gasteiger partial charge is 0.457 e. The van der Waals surface area contributed by atoms with Gasteiger partial charge in [0.15, 0.2) is 12.4 Å². The van der Waals surface area contributed by atoms with E-state index in [1.54, 1.807) is 42.5 Å². The second-order valence-corrected chi connectivity index (χ2v) is 7.04. The highest BCUT2D eigenvalue weighted by atomic mass is 16.5. The molecule has 0 bridgehead atoms. The zero-order chi connectivity index (χ0) is 21.0. The predicted molar refractivity (Wildman–Crippen MR) is 105 cm³/mol. The van der Waals surface area contributed by atoms with E-state index in [1.807, 2.05) is 19.9 Å². The van der Waals surface area contributed by atoms with Gasteiger partial charge in [-0.15, -0.1) is 0 Å². The minimum atomic E-state index is -0.730. The van der Waals surface area contributed by atoms with Gasteiger partial charge in [0.25, 0.3) is 5.91 Å². The molecular weight excluding hydrogens is 372 g/mol. The highest BCUT2D eigenvalue weighted by Crippen LogP contribution is 2.18. The van der Waals surface area contributed by atoms with Crippen molar-refractivity contribution in [2.24, 2.45) is 5.92 Å².